The number of hydrogen-bond donors (Lipinski definition) is 0. The Morgan fingerprint density at radius 2 is 0.750 bits per heavy atom. The second-order valence-corrected chi connectivity index (χ2v) is 14.7. The molecular formula is C53H31N7. The summed E-state index contributed by atoms with van der Waals surface area (Å²) in [7, 11) is 0. The summed E-state index contributed by atoms with van der Waals surface area (Å²) < 4.78 is 4.49. The Morgan fingerprint density at radius 1 is 0.333 bits per heavy atom. The van der Waals surface area contributed by atoms with Crippen molar-refractivity contribution in [1.29, 1.82) is 10.5 Å². The lowest BCUT2D eigenvalue weighted by atomic mass is 10.00. The van der Waals surface area contributed by atoms with Crippen molar-refractivity contribution in [2.45, 2.75) is 0 Å². The van der Waals surface area contributed by atoms with Gasteiger partial charge in [0, 0.05) is 38.2 Å². The molecule has 3 aromatic heterocycles. The van der Waals surface area contributed by atoms with Crippen LogP contribution in [-0.2, 0) is 0 Å². The first-order valence-electron chi connectivity index (χ1n) is 19.6. The normalized spacial score (nSPS) is 11.3. The second-order valence-electron chi connectivity index (χ2n) is 14.7. The zero-order valence-electron chi connectivity index (χ0n) is 32.0. The van der Waals surface area contributed by atoms with Crippen molar-refractivity contribution in [2.75, 3.05) is 0 Å². The van der Waals surface area contributed by atoms with Crippen molar-refractivity contribution >= 4 is 43.6 Å². The van der Waals surface area contributed by atoms with E-state index in [1.165, 1.54) is 0 Å². The predicted molar refractivity (Wildman–Crippen MR) is 240 cm³/mol. The van der Waals surface area contributed by atoms with E-state index in [2.05, 4.69) is 124 Å². The molecule has 0 atom stereocenters. The van der Waals surface area contributed by atoms with Crippen LogP contribution in [0, 0.1) is 22.7 Å². The Labute approximate surface area is 345 Å². The molecule has 11 rings (SSSR count). The van der Waals surface area contributed by atoms with Crippen molar-refractivity contribution in [3.05, 3.63) is 199 Å². The lowest BCUT2D eigenvalue weighted by Gasteiger charge is -2.17. The lowest BCUT2D eigenvalue weighted by Crippen LogP contribution is -2.06. The molecule has 0 unspecified atom stereocenters. The van der Waals surface area contributed by atoms with Crippen LogP contribution < -0.4 is 0 Å². The molecule has 0 radical (unpaired) electrons. The molecule has 11 aromatic rings. The minimum Gasteiger partial charge on any atom is -0.308 e. The van der Waals surface area contributed by atoms with Gasteiger partial charge in [-0.1, -0.05) is 121 Å². The summed E-state index contributed by atoms with van der Waals surface area (Å²) in [6, 6.07) is 67.9. The van der Waals surface area contributed by atoms with Crippen LogP contribution in [0.5, 0.6) is 0 Å². The van der Waals surface area contributed by atoms with Gasteiger partial charge in [0.1, 0.15) is 0 Å². The molecule has 0 saturated carbocycles. The number of nitrogens with zero attached hydrogens (tertiary/aromatic N) is 7. The summed E-state index contributed by atoms with van der Waals surface area (Å²) in [5.41, 5.74) is 11.2. The molecule has 3 heterocycles. The van der Waals surface area contributed by atoms with Crippen LogP contribution in [-0.4, -0.2) is 24.1 Å². The molecular weight excluding hydrogens is 735 g/mol. The van der Waals surface area contributed by atoms with Gasteiger partial charge < -0.3 is 9.13 Å². The predicted octanol–water partition coefficient (Wildman–Crippen LogP) is 12.5. The molecule has 0 aliphatic rings. The fraction of sp³-hybridized carbons (Fsp3) is 0. The van der Waals surface area contributed by atoms with E-state index in [1.807, 2.05) is 84.9 Å². The number of rotatable bonds is 6. The van der Waals surface area contributed by atoms with Crippen LogP contribution >= 0.6 is 0 Å². The monoisotopic (exact) mass is 765 g/mol. The molecule has 0 fully saturated rings. The molecule has 60 heavy (non-hydrogen) atoms. The first kappa shape index (κ1) is 34.6. The average molecular weight is 766 g/mol. The number of nitriles is 2. The van der Waals surface area contributed by atoms with E-state index < -0.39 is 0 Å². The third-order valence-corrected chi connectivity index (χ3v) is 11.2. The topological polar surface area (TPSA) is 96.1 Å². The summed E-state index contributed by atoms with van der Waals surface area (Å²) in [6.07, 6.45) is 0. The number of fused-ring (bicyclic) bond motifs is 6. The van der Waals surface area contributed by atoms with E-state index >= 15 is 0 Å². The van der Waals surface area contributed by atoms with Crippen molar-refractivity contribution in [3.63, 3.8) is 0 Å². The number of aromatic nitrogens is 5. The fourth-order valence-corrected chi connectivity index (χ4v) is 8.53. The van der Waals surface area contributed by atoms with E-state index in [1.54, 1.807) is 0 Å². The van der Waals surface area contributed by atoms with Crippen LogP contribution in [0.4, 0.5) is 0 Å². The zero-order valence-corrected chi connectivity index (χ0v) is 32.0. The molecule has 7 heteroatoms. The van der Waals surface area contributed by atoms with Gasteiger partial charge in [-0.2, -0.15) is 10.5 Å². The third kappa shape index (κ3) is 5.61. The van der Waals surface area contributed by atoms with Gasteiger partial charge in [0.05, 0.1) is 56.7 Å². The lowest BCUT2D eigenvalue weighted by molar-refractivity contribution is 1.06. The molecule has 0 saturated heterocycles. The Morgan fingerprint density at radius 3 is 1.28 bits per heavy atom. The molecule has 0 bridgehead atoms. The zero-order chi connectivity index (χ0) is 40.2. The van der Waals surface area contributed by atoms with E-state index in [-0.39, 0.29) is 0 Å². The Balaban J connectivity index is 1.22. The summed E-state index contributed by atoms with van der Waals surface area (Å²) >= 11 is 0. The van der Waals surface area contributed by atoms with E-state index in [4.69, 9.17) is 15.0 Å². The first-order valence-corrected chi connectivity index (χ1v) is 19.6. The molecule has 0 amide bonds. The van der Waals surface area contributed by atoms with Gasteiger partial charge in [-0.3, -0.25) is 0 Å². The highest BCUT2D eigenvalue weighted by Crippen LogP contribution is 2.40. The van der Waals surface area contributed by atoms with Crippen LogP contribution in [0.2, 0.25) is 0 Å². The third-order valence-electron chi connectivity index (χ3n) is 11.2. The van der Waals surface area contributed by atoms with Gasteiger partial charge in [0.2, 0.25) is 0 Å². The Kier molecular flexibility index (Phi) is 8.11. The summed E-state index contributed by atoms with van der Waals surface area (Å²) in [5.74, 6) is 1.48. The maximum absolute atomic E-state index is 10.2. The number of para-hydroxylation sites is 4. The Hall–Kier alpha value is -8.65. The Bertz CT molecular complexity index is 3480. The highest BCUT2D eigenvalue weighted by atomic mass is 15.1. The molecule has 0 aliphatic carbocycles. The van der Waals surface area contributed by atoms with Crippen molar-refractivity contribution < 1.29 is 0 Å². The van der Waals surface area contributed by atoms with Crippen LogP contribution in [0.25, 0.3) is 100 Å². The van der Waals surface area contributed by atoms with Gasteiger partial charge in [-0.15, -0.1) is 0 Å². The summed E-state index contributed by atoms with van der Waals surface area (Å²) in [5, 5.41) is 24.5. The number of hydrogen-bond acceptors (Lipinski definition) is 5. The van der Waals surface area contributed by atoms with Gasteiger partial charge in [-0.25, -0.2) is 15.0 Å². The molecule has 8 aromatic carbocycles. The molecule has 0 spiro atoms. The number of benzene rings is 8. The molecule has 7 nitrogen and oxygen atoms in total. The highest BCUT2D eigenvalue weighted by molar-refractivity contribution is 6.11. The van der Waals surface area contributed by atoms with E-state index in [0.29, 0.717) is 28.6 Å². The van der Waals surface area contributed by atoms with Crippen molar-refractivity contribution in [1.82, 2.24) is 24.1 Å². The minimum absolute atomic E-state index is 0.471. The van der Waals surface area contributed by atoms with Gasteiger partial charge in [-0.05, 0) is 77.9 Å². The SMILES string of the molecule is N#Cc1cccc(-c2ccc(-c3nc(-c4ccccc4)nc(-c4ccc(C#N)cc4-n4c5ccccc5c5ccccc54)n3)c(-n3c4ccccc4c4ccccc43)c2)c1. The minimum atomic E-state index is 0.471. The molecule has 0 aliphatic heterocycles. The van der Waals surface area contributed by atoms with Gasteiger partial charge in [0.15, 0.2) is 17.5 Å². The maximum Gasteiger partial charge on any atom is 0.166 e. The standard InChI is InChI=1S/C53H31N7/c54-32-34-13-12-16-37(29-34)38-26-28-44(50(31-38)60-47-23-10-6-19-41(47)42-20-7-11-24-48(42)60)53-57-51(36-14-2-1-3-15-36)56-52(58-53)43-27-25-35(33-55)30-49(43)59-45-21-8-4-17-39(45)40-18-5-9-22-46(40)59/h1-31H. The van der Waals surface area contributed by atoms with E-state index in [0.717, 1.165) is 82.8 Å². The quantitative estimate of drug-likeness (QED) is 0.168. The van der Waals surface area contributed by atoms with E-state index in [9.17, 15) is 10.5 Å². The van der Waals surface area contributed by atoms with Crippen LogP contribution in [0.15, 0.2) is 188 Å². The second kappa shape index (κ2) is 14.1. The summed E-state index contributed by atoms with van der Waals surface area (Å²) in [6.45, 7) is 0. The van der Waals surface area contributed by atoms with Crippen LogP contribution in [0.1, 0.15) is 11.1 Å². The average Bonchev–Trinajstić information content (AvgIpc) is 3.84. The van der Waals surface area contributed by atoms with Crippen molar-refractivity contribution in [3.8, 4) is 68.8 Å². The summed E-state index contributed by atoms with van der Waals surface area (Å²) in [4.78, 5) is 15.8. The van der Waals surface area contributed by atoms with Gasteiger partial charge >= 0.3 is 0 Å². The van der Waals surface area contributed by atoms with Crippen LogP contribution in [0.3, 0.4) is 0 Å². The largest absolute Gasteiger partial charge is 0.308 e. The van der Waals surface area contributed by atoms with Gasteiger partial charge in [0.25, 0.3) is 0 Å². The highest BCUT2D eigenvalue weighted by Gasteiger charge is 2.23. The first-order chi connectivity index (χ1) is 29.7. The molecule has 278 valence electrons. The maximum atomic E-state index is 10.2. The van der Waals surface area contributed by atoms with Crippen molar-refractivity contribution in [2.24, 2.45) is 0 Å². The smallest absolute Gasteiger partial charge is 0.166 e. The molecule has 0 N–H and O–H groups in total. The fourth-order valence-electron chi connectivity index (χ4n) is 8.53.